The minimum absolute atomic E-state index is 0.0391. The normalized spacial score (nSPS) is 17.7. The number of aliphatic hydroxyl groups is 1. The Morgan fingerprint density at radius 1 is 1.53 bits per heavy atom. The molecule has 1 fully saturated rings. The van der Waals surface area contributed by atoms with Crippen LogP contribution in [-0.2, 0) is 0 Å². The second kappa shape index (κ2) is 5.51. The average Bonchev–Trinajstić information content (AvgIpc) is 3.18. The van der Waals surface area contributed by atoms with Crippen molar-refractivity contribution in [1.29, 1.82) is 0 Å². The highest BCUT2D eigenvalue weighted by Gasteiger charge is 2.42. The lowest BCUT2D eigenvalue weighted by Crippen LogP contribution is -2.52. The molecular formula is C14H19BrN2O2. The number of hydrogen-bond acceptors (Lipinski definition) is 2. The molecule has 0 bridgehead atoms. The molecule has 1 aromatic carbocycles. The Hall–Kier alpha value is -1.07. The van der Waals surface area contributed by atoms with Crippen molar-refractivity contribution in [3.63, 3.8) is 0 Å². The molecule has 0 saturated heterocycles. The van der Waals surface area contributed by atoms with E-state index in [9.17, 15) is 9.90 Å². The van der Waals surface area contributed by atoms with E-state index in [1.165, 1.54) is 0 Å². The van der Waals surface area contributed by atoms with Gasteiger partial charge in [-0.3, -0.25) is 0 Å². The summed E-state index contributed by atoms with van der Waals surface area (Å²) in [5.74, 6) is 0.381. The molecule has 1 aliphatic carbocycles. The molecule has 0 aromatic heterocycles. The Kier molecular flexibility index (Phi) is 4.16. The first-order valence-corrected chi connectivity index (χ1v) is 7.20. The van der Waals surface area contributed by atoms with Crippen molar-refractivity contribution < 1.29 is 9.90 Å². The number of hydrogen-bond donors (Lipinski definition) is 3. The number of rotatable bonds is 4. The first kappa shape index (κ1) is 14.3. The summed E-state index contributed by atoms with van der Waals surface area (Å²) in [4.78, 5) is 12.0. The molecule has 0 radical (unpaired) electrons. The van der Waals surface area contributed by atoms with Crippen LogP contribution in [-0.4, -0.2) is 23.3 Å². The number of aryl methyl sites for hydroxylation is 1. The zero-order chi connectivity index (χ0) is 14.0. The summed E-state index contributed by atoms with van der Waals surface area (Å²) < 4.78 is 0.917. The number of aliphatic hydroxyl groups excluding tert-OH is 1. The predicted octanol–water partition coefficient (Wildman–Crippen LogP) is 3.04. The van der Waals surface area contributed by atoms with E-state index in [2.05, 4.69) is 26.6 Å². The number of amides is 2. The molecule has 1 aromatic rings. The second-order valence-electron chi connectivity index (χ2n) is 5.39. The number of carbonyl (C=O) groups is 1. The molecular weight excluding hydrogens is 308 g/mol. The quantitative estimate of drug-likeness (QED) is 0.796. The van der Waals surface area contributed by atoms with Gasteiger partial charge in [0.2, 0.25) is 0 Å². The van der Waals surface area contributed by atoms with Gasteiger partial charge in [-0.15, -0.1) is 0 Å². The summed E-state index contributed by atoms with van der Waals surface area (Å²) in [7, 11) is 0. The summed E-state index contributed by atoms with van der Waals surface area (Å²) in [6.07, 6.45) is 2.13. The highest BCUT2D eigenvalue weighted by molar-refractivity contribution is 9.10. The fourth-order valence-corrected chi connectivity index (χ4v) is 2.49. The van der Waals surface area contributed by atoms with Crippen LogP contribution < -0.4 is 10.6 Å². The topological polar surface area (TPSA) is 61.4 Å². The van der Waals surface area contributed by atoms with Gasteiger partial charge in [-0.2, -0.15) is 0 Å². The van der Waals surface area contributed by atoms with Crippen molar-refractivity contribution in [2.45, 2.75) is 32.2 Å². The third kappa shape index (κ3) is 3.48. The van der Waals surface area contributed by atoms with Crippen LogP contribution in [0.25, 0.3) is 0 Å². The largest absolute Gasteiger partial charge is 0.394 e. The zero-order valence-electron chi connectivity index (χ0n) is 11.2. The number of halogens is 1. The minimum atomic E-state index is -0.524. The lowest BCUT2D eigenvalue weighted by atomic mass is 9.97. The second-order valence-corrected chi connectivity index (χ2v) is 6.30. The fourth-order valence-electron chi connectivity index (χ4n) is 2.13. The summed E-state index contributed by atoms with van der Waals surface area (Å²) in [6.45, 7) is 3.79. The number of carbonyl (C=O) groups excluding carboxylic acids is 1. The first-order chi connectivity index (χ1) is 8.94. The predicted molar refractivity (Wildman–Crippen MR) is 79.2 cm³/mol. The van der Waals surface area contributed by atoms with E-state index < -0.39 is 5.54 Å². The third-order valence-corrected chi connectivity index (χ3v) is 4.15. The summed E-state index contributed by atoms with van der Waals surface area (Å²) in [6, 6.07) is 5.46. The summed E-state index contributed by atoms with van der Waals surface area (Å²) in [5, 5.41) is 15.2. The van der Waals surface area contributed by atoms with Crippen molar-refractivity contribution >= 4 is 27.6 Å². The van der Waals surface area contributed by atoms with Gasteiger partial charge in [0.05, 0.1) is 12.1 Å². The first-order valence-electron chi connectivity index (χ1n) is 6.41. The highest BCUT2D eigenvalue weighted by atomic mass is 79.9. The van der Waals surface area contributed by atoms with Crippen LogP contribution in [0.15, 0.2) is 22.7 Å². The van der Waals surface area contributed by atoms with Gasteiger partial charge in [-0.25, -0.2) is 4.79 Å². The Labute approximate surface area is 121 Å². The van der Waals surface area contributed by atoms with Crippen molar-refractivity contribution in [1.82, 2.24) is 5.32 Å². The van der Waals surface area contributed by atoms with Crippen LogP contribution >= 0.6 is 15.9 Å². The zero-order valence-corrected chi connectivity index (χ0v) is 12.8. The van der Waals surface area contributed by atoms with Gasteiger partial charge in [0.25, 0.3) is 0 Å². The van der Waals surface area contributed by atoms with Gasteiger partial charge in [0, 0.05) is 10.2 Å². The maximum atomic E-state index is 12.0. The lowest BCUT2D eigenvalue weighted by molar-refractivity contribution is 0.159. The molecule has 0 spiro atoms. The molecule has 5 heteroatoms. The van der Waals surface area contributed by atoms with E-state index in [4.69, 9.17) is 0 Å². The average molecular weight is 327 g/mol. The molecule has 1 aliphatic rings. The van der Waals surface area contributed by atoms with Gasteiger partial charge in [-0.1, -0.05) is 22.0 Å². The molecule has 0 aliphatic heterocycles. The maximum absolute atomic E-state index is 12.0. The van der Waals surface area contributed by atoms with Crippen molar-refractivity contribution in [2.24, 2.45) is 5.92 Å². The van der Waals surface area contributed by atoms with E-state index >= 15 is 0 Å². The fraction of sp³-hybridized carbons (Fsp3) is 0.500. The van der Waals surface area contributed by atoms with Gasteiger partial charge in [-0.05, 0) is 50.3 Å². The van der Waals surface area contributed by atoms with E-state index in [1.54, 1.807) is 0 Å². The van der Waals surface area contributed by atoms with Gasteiger partial charge in [0.15, 0.2) is 0 Å². The van der Waals surface area contributed by atoms with Crippen LogP contribution in [0.4, 0.5) is 10.5 Å². The smallest absolute Gasteiger partial charge is 0.319 e. The van der Waals surface area contributed by atoms with Crippen LogP contribution in [0, 0.1) is 12.8 Å². The molecule has 1 atom stereocenters. The van der Waals surface area contributed by atoms with E-state index in [-0.39, 0.29) is 12.6 Å². The molecule has 104 valence electrons. The van der Waals surface area contributed by atoms with Crippen molar-refractivity contribution in [3.05, 3.63) is 28.2 Å². The third-order valence-electron chi connectivity index (χ3n) is 3.65. The van der Waals surface area contributed by atoms with E-state index in [0.717, 1.165) is 28.6 Å². The standard InChI is InChI=1S/C14H19BrN2O2/c1-9-3-6-11(15)7-12(9)16-13(19)17-14(2,8-18)10-4-5-10/h3,6-7,10,18H,4-5,8H2,1-2H3,(H2,16,17,19). The van der Waals surface area contributed by atoms with Gasteiger partial charge >= 0.3 is 6.03 Å². The minimum Gasteiger partial charge on any atom is -0.394 e. The molecule has 2 rings (SSSR count). The molecule has 1 saturated carbocycles. The molecule has 3 N–H and O–H groups in total. The van der Waals surface area contributed by atoms with Crippen molar-refractivity contribution in [3.8, 4) is 0 Å². The lowest BCUT2D eigenvalue weighted by Gasteiger charge is -2.29. The number of nitrogens with one attached hydrogen (secondary N) is 2. The Morgan fingerprint density at radius 2 is 2.21 bits per heavy atom. The summed E-state index contributed by atoms with van der Waals surface area (Å²) in [5.41, 5.74) is 1.24. The van der Waals surface area contributed by atoms with Crippen LogP contribution in [0.2, 0.25) is 0 Å². The Bertz CT molecular complexity index is 488. The van der Waals surface area contributed by atoms with Gasteiger partial charge in [0.1, 0.15) is 0 Å². The molecule has 19 heavy (non-hydrogen) atoms. The van der Waals surface area contributed by atoms with Crippen LogP contribution in [0.3, 0.4) is 0 Å². The van der Waals surface area contributed by atoms with E-state index in [0.29, 0.717) is 5.92 Å². The van der Waals surface area contributed by atoms with E-state index in [1.807, 2.05) is 32.0 Å². The Balaban J connectivity index is 2.02. The highest BCUT2D eigenvalue weighted by Crippen LogP contribution is 2.39. The summed E-state index contributed by atoms with van der Waals surface area (Å²) >= 11 is 3.38. The number of urea groups is 1. The molecule has 2 amide bonds. The molecule has 1 unspecified atom stereocenters. The number of anilines is 1. The van der Waals surface area contributed by atoms with Crippen molar-refractivity contribution in [2.75, 3.05) is 11.9 Å². The number of benzene rings is 1. The van der Waals surface area contributed by atoms with Gasteiger partial charge < -0.3 is 15.7 Å². The van der Waals surface area contributed by atoms with Crippen LogP contribution in [0.1, 0.15) is 25.3 Å². The monoisotopic (exact) mass is 326 g/mol. The Morgan fingerprint density at radius 3 is 2.79 bits per heavy atom. The SMILES string of the molecule is Cc1ccc(Br)cc1NC(=O)NC(C)(CO)C1CC1. The van der Waals surface area contributed by atoms with Crippen LogP contribution in [0.5, 0.6) is 0 Å². The molecule has 4 nitrogen and oxygen atoms in total. The maximum Gasteiger partial charge on any atom is 0.319 e. The molecule has 0 heterocycles.